The lowest BCUT2D eigenvalue weighted by atomic mass is 10.1. The summed E-state index contributed by atoms with van der Waals surface area (Å²) in [6.07, 6.45) is 0. The minimum absolute atomic E-state index is 0.160. The van der Waals surface area contributed by atoms with Crippen LogP contribution >= 0.6 is 23.2 Å². The van der Waals surface area contributed by atoms with E-state index in [1.165, 1.54) is 5.56 Å². The van der Waals surface area contributed by atoms with Gasteiger partial charge in [0.2, 0.25) is 0 Å². The molecule has 3 rings (SSSR count). The molecule has 0 radical (unpaired) electrons. The van der Waals surface area contributed by atoms with E-state index in [0.717, 1.165) is 11.1 Å². The largest absolute Gasteiger partial charge is 0.337 e. The van der Waals surface area contributed by atoms with Crippen LogP contribution in [-0.2, 0) is 13.1 Å². The standard InChI is InChI=1S/C21H21Cl2N3O/c1-14-7-9-16(10-8-14)13-26-20(23)19(15(2)24-26)21(27)25(3)12-17-5-4-6-18(22)11-17/h4-11H,12-13H2,1-3H3. The molecule has 2 aromatic carbocycles. The Balaban J connectivity index is 1.80. The predicted octanol–water partition coefficient (Wildman–Crippen LogP) is 5.13. The van der Waals surface area contributed by atoms with Gasteiger partial charge in [-0.1, -0.05) is 65.2 Å². The molecule has 1 amide bonds. The van der Waals surface area contributed by atoms with E-state index in [0.29, 0.717) is 34.5 Å². The zero-order valence-corrected chi connectivity index (χ0v) is 17.1. The quantitative estimate of drug-likeness (QED) is 0.594. The number of aryl methyl sites for hydroxylation is 2. The van der Waals surface area contributed by atoms with Crippen molar-refractivity contribution in [3.05, 3.63) is 86.7 Å². The van der Waals surface area contributed by atoms with Crippen LogP contribution in [-0.4, -0.2) is 27.6 Å². The Bertz CT molecular complexity index is 964. The molecule has 0 aliphatic rings. The van der Waals surface area contributed by atoms with Crippen molar-refractivity contribution in [2.24, 2.45) is 0 Å². The molecule has 0 N–H and O–H groups in total. The van der Waals surface area contributed by atoms with Gasteiger partial charge in [-0.05, 0) is 37.1 Å². The van der Waals surface area contributed by atoms with Crippen molar-refractivity contribution >= 4 is 29.1 Å². The Kier molecular flexibility index (Phi) is 5.88. The minimum Gasteiger partial charge on any atom is -0.337 e. The van der Waals surface area contributed by atoms with Crippen molar-refractivity contribution in [1.82, 2.24) is 14.7 Å². The maximum atomic E-state index is 12.9. The van der Waals surface area contributed by atoms with Gasteiger partial charge in [-0.2, -0.15) is 5.10 Å². The highest BCUT2D eigenvalue weighted by atomic mass is 35.5. The van der Waals surface area contributed by atoms with Gasteiger partial charge in [0.25, 0.3) is 5.91 Å². The molecular weight excluding hydrogens is 381 g/mol. The average Bonchev–Trinajstić information content (AvgIpc) is 2.90. The maximum absolute atomic E-state index is 12.9. The molecule has 0 aliphatic heterocycles. The van der Waals surface area contributed by atoms with Gasteiger partial charge in [0.1, 0.15) is 5.15 Å². The summed E-state index contributed by atoms with van der Waals surface area (Å²) in [5, 5.41) is 5.47. The highest BCUT2D eigenvalue weighted by Crippen LogP contribution is 2.23. The lowest BCUT2D eigenvalue weighted by Crippen LogP contribution is -2.26. The van der Waals surface area contributed by atoms with Crippen LogP contribution < -0.4 is 0 Å². The second-order valence-corrected chi connectivity index (χ2v) is 7.48. The fourth-order valence-corrected chi connectivity index (χ4v) is 3.47. The van der Waals surface area contributed by atoms with Crippen molar-refractivity contribution in [3.8, 4) is 0 Å². The highest BCUT2D eigenvalue weighted by molar-refractivity contribution is 6.33. The molecule has 0 fully saturated rings. The number of amides is 1. The third-order valence-corrected chi connectivity index (χ3v) is 5.01. The number of nitrogens with zero attached hydrogens (tertiary/aromatic N) is 3. The van der Waals surface area contributed by atoms with Crippen molar-refractivity contribution in [1.29, 1.82) is 0 Å². The fourth-order valence-electron chi connectivity index (χ4n) is 2.94. The van der Waals surface area contributed by atoms with E-state index in [4.69, 9.17) is 23.2 Å². The Labute approximate surface area is 169 Å². The first kappa shape index (κ1) is 19.5. The van der Waals surface area contributed by atoms with Gasteiger partial charge in [0, 0.05) is 18.6 Å². The molecule has 4 nitrogen and oxygen atoms in total. The van der Waals surface area contributed by atoms with Gasteiger partial charge in [-0.3, -0.25) is 4.79 Å². The van der Waals surface area contributed by atoms with Crippen LogP contribution in [0.1, 0.15) is 32.7 Å². The SMILES string of the molecule is Cc1ccc(Cn2nc(C)c(C(=O)N(C)Cc3cccc(Cl)c3)c2Cl)cc1. The molecule has 0 saturated carbocycles. The van der Waals surface area contributed by atoms with Gasteiger partial charge in [-0.15, -0.1) is 0 Å². The van der Waals surface area contributed by atoms with Gasteiger partial charge >= 0.3 is 0 Å². The van der Waals surface area contributed by atoms with Crippen LogP contribution in [0.25, 0.3) is 0 Å². The zero-order chi connectivity index (χ0) is 19.6. The monoisotopic (exact) mass is 401 g/mol. The summed E-state index contributed by atoms with van der Waals surface area (Å²) in [4.78, 5) is 14.6. The molecule has 1 aromatic heterocycles. The van der Waals surface area contributed by atoms with E-state index in [1.807, 2.05) is 55.5 Å². The van der Waals surface area contributed by atoms with Crippen LogP contribution in [0.15, 0.2) is 48.5 Å². The molecule has 0 spiro atoms. The third kappa shape index (κ3) is 4.52. The van der Waals surface area contributed by atoms with E-state index < -0.39 is 0 Å². The molecule has 0 aliphatic carbocycles. The fraction of sp³-hybridized carbons (Fsp3) is 0.238. The minimum atomic E-state index is -0.160. The van der Waals surface area contributed by atoms with Crippen LogP contribution in [0.5, 0.6) is 0 Å². The summed E-state index contributed by atoms with van der Waals surface area (Å²) in [5.41, 5.74) is 4.29. The maximum Gasteiger partial charge on any atom is 0.258 e. The first-order chi connectivity index (χ1) is 12.8. The van der Waals surface area contributed by atoms with E-state index >= 15 is 0 Å². The summed E-state index contributed by atoms with van der Waals surface area (Å²) >= 11 is 12.5. The summed E-state index contributed by atoms with van der Waals surface area (Å²) in [5.74, 6) is -0.160. The van der Waals surface area contributed by atoms with E-state index in [2.05, 4.69) is 5.10 Å². The first-order valence-corrected chi connectivity index (χ1v) is 9.39. The molecule has 0 unspecified atom stereocenters. The second kappa shape index (κ2) is 8.15. The second-order valence-electron chi connectivity index (χ2n) is 6.69. The van der Waals surface area contributed by atoms with Crippen LogP contribution in [0, 0.1) is 13.8 Å². The van der Waals surface area contributed by atoms with Crippen molar-refractivity contribution in [2.45, 2.75) is 26.9 Å². The molecular formula is C21H21Cl2N3O. The number of benzene rings is 2. The number of aromatic nitrogens is 2. The summed E-state index contributed by atoms with van der Waals surface area (Å²) in [6, 6.07) is 15.6. The number of carbonyl (C=O) groups excluding carboxylic acids is 1. The number of rotatable bonds is 5. The topological polar surface area (TPSA) is 38.1 Å². The lowest BCUT2D eigenvalue weighted by Gasteiger charge is -2.17. The van der Waals surface area contributed by atoms with Crippen molar-refractivity contribution in [2.75, 3.05) is 7.05 Å². The van der Waals surface area contributed by atoms with Gasteiger partial charge < -0.3 is 4.90 Å². The molecule has 140 valence electrons. The molecule has 0 saturated heterocycles. The van der Waals surface area contributed by atoms with E-state index in [-0.39, 0.29) is 5.91 Å². The normalized spacial score (nSPS) is 10.9. The average molecular weight is 402 g/mol. The Morgan fingerprint density at radius 1 is 1.07 bits per heavy atom. The van der Waals surface area contributed by atoms with E-state index in [1.54, 1.807) is 23.6 Å². The predicted molar refractivity (Wildman–Crippen MR) is 110 cm³/mol. The molecule has 3 aromatic rings. The van der Waals surface area contributed by atoms with Crippen LogP contribution in [0.2, 0.25) is 10.2 Å². The molecule has 1 heterocycles. The smallest absolute Gasteiger partial charge is 0.258 e. The summed E-state index contributed by atoms with van der Waals surface area (Å²) in [6.45, 7) is 4.81. The number of hydrogen-bond donors (Lipinski definition) is 0. The molecule has 6 heteroatoms. The Morgan fingerprint density at radius 3 is 2.44 bits per heavy atom. The van der Waals surface area contributed by atoms with Gasteiger partial charge in [-0.25, -0.2) is 4.68 Å². The van der Waals surface area contributed by atoms with Gasteiger partial charge in [0.05, 0.1) is 17.8 Å². The highest BCUT2D eigenvalue weighted by Gasteiger charge is 2.23. The Morgan fingerprint density at radius 2 is 1.78 bits per heavy atom. The molecule has 27 heavy (non-hydrogen) atoms. The number of halogens is 2. The molecule has 0 bridgehead atoms. The number of carbonyl (C=O) groups is 1. The van der Waals surface area contributed by atoms with Crippen LogP contribution in [0.3, 0.4) is 0 Å². The number of hydrogen-bond acceptors (Lipinski definition) is 2. The van der Waals surface area contributed by atoms with Crippen molar-refractivity contribution in [3.63, 3.8) is 0 Å². The summed E-state index contributed by atoms with van der Waals surface area (Å²) < 4.78 is 1.67. The first-order valence-electron chi connectivity index (χ1n) is 8.63. The third-order valence-electron chi connectivity index (χ3n) is 4.39. The van der Waals surface area contributed by atoms with Crippen LogP contribution in [0.4, 0.5) is 0 Å². The zero-order valence-electron chi connectivity index (χ0n) is 15.5. The molecule has 0 atom stereocenters. The van der Waals surface area contributed by atoms with E-state index in [9.17, 15) is 4.79 Å². The van der Waals surface area contributed by atoms with Gasteiger partial charge in [0.15, 0.2) is 0 Å². The summed E-state index contributed by atoms with van der Waals surface area (Å²) in [7, 11) is 1.75. The lowest BCUT2D eigenvalue weighted by molar-refractivity contribution is 0.0784. The van der Waals surface area contributed by atoms with Crippen molar-refractivity contribution < 1.29 is 4.79 Å². The Hall–Kier alpha value is -2.30.